The number of ketones is 1. The number of carbonyl (C=O) groups excluding carboxylic acids is 1. The van der Waals surface area contributed by atoms with Crippen molar-refractivity contribution in [2.75, 3.05) is 0 Å². The molecule has 0 saturated carbocycles. The molecule has 108 valence electrons. The van der Waals surface area contributed by atoms with Gasteiger partial charge < -0.3 is 0 Å². The first-order chi connectivity index (χ1) is 10.7. The lowest BCUT2D eigenvalue weighted by Gasteiger charge is -2.04. The minimum Gasteiger partial charge on any atom is -0.287 e. The molecule has 2 aromatic rings. The zero-order valence-corrected chi connectivity index (χ0v) is 11.6. The Morgan fingerprint density at radius 1 is 1.09 bits per heavy atom. The smallest absolute Gasteiger partial charge is 0.280 e. The van der Waals surface area contributed by atoms with Gasteiger partial charge in [-0.25, -0.2) is 4.99 Å². The SMILES string of the molecule is O=C(C1=Nc2ccccc2C=CC1)c1ccccc1[N+](=O)[O-]. The summed E-state index contributed by atoms with van der Waals surface area (Å²) in [6.07, 6.45) is 4.09. The molecule has 5 nitrogen and oxygen atoms in total. The van der Waals surface area contributed by atoms with Crippen molar-refractivity contribution in [2.45, 2.75) is 6.42 Å². The van der Waals surface area contributed by atoms with E-state index < -0.39 is 10.7 Å². The molecule has 0 saturated heterocycles. The van der Waals surface area contributed by atoms with Crippen molar-refractivity contribution < 1.29 is 9.72 Å². The standard InChI is InChI=1S/C17H12N2O3/c20-17(13-8-2-4-11-16(13)19(21)22)15-10-5-7-12-6-1-3-9-14(12)18-15/h1-9,11H,10H2. The molecular weight excluding hydrogens is 280 g/mol. The van der Waals surface area contributed by atoms with E-state index in [0.717, 1.165) is 5.56 Å². The van der Waals surface area contributed by atoms with Gasteiger partial charge in [0.25, 0.3) is 5.69 Å². The molecule has 5 heteroatoms. The molecular formula is C17H12N2O3. The molecule has 0 spiro atoms. The summed E-state index contributed by atoms with van der Waals surface area (Å²) in [4.78, 5) is 27.5. The van der Waals surface area contributed by atoms with Gasteiger partial charge in [-0.2, -0.15) is 0 Å². The Bertz CT molecular complexity index is 822. The average molecular weight is 292 g/mol. The van der Waals surface area contributed by atoms with Crippen molar-refractivity contribution in [2.24, 2.45) is 4.99 Å². The first-order valence-electron chi connectivity index (χ1n) is 6.78. The van der Waals surface area contributed by atoms with Gasteiger partial charge >= 0.3 is 0 Å². The van der Waals surface area contributed by atoms with Crippen molar-refractivity contribution in [3.8, 4) is 0 Å². The second-order valence-electron chi connectivity index (χ2n) is 4.83. The van der Waals surface area contributed by atoms with Crippen molar-refractivity contribution in [3.05, 3.63) is 75.8 Å². The van der Waals surface area contributed by atoms with E-state index in [1.54, 1.807) is 12.1 Å². The normalized spacial score (nSPS) is 13.0. The molecule has 0 atom stereocenters. The number of Topliss-reactive ketones (excluding diaryl/α,β-unsaturated/α-hetero) is 1. The fraction of sp³-hybridized carbons (Fsp3) is 0.0588. The van der Waals surface area contributed by atoms with Gasteiger partial charge in [0.2, 0.25) is 5.78 Å². The zero-order chi connectivity index (χ0) is 15.5. The van der Waals surface area contributed by atoms with Crippen LogP contribution in [0.5, 0.6) is 0 Å². The van der Waals surface area contributed by atoms with Gasteiger partial charge in [0.15, 0.2) is 0 Å². The van der Waals surface area contributed by atoms with E-state index in [1.807, 2.05) is 36.4 Å². The highest BCUT2D eigenvalue weighted by atomic mass is 16.6. The Morgan fingerprint density at radius 2 is 1.82 bits per heavy atom. The third kappa shape index (κ3) is 2.56. The number of carbonyl (C=O) groups is 1. The number of nitrogens with zero attached hydrogens (tertiary/aromatic N) is 2. The Hall–Kier alpha value is -3.08. The van der Waals surface area contributed by atoms with Gasteiger partial charge in [-0.05, 0) is 17.7 Å². The molecule has 22 heavy (non-hydrogen) atoms. The number of nitro groups is 1. The lowest BCUT2D eigenvalue weighted by Crippen LogP contribution is -2.15. The largest absolute Gasteiger partial charge is 0.287 e. The van der Waals surface area contributed by atoms with E-state index in [9.17, 15) is 14.9 Å². The minimum absolute atomic E-state index is 0.0685. The van der Waals surface area contributed by atoms with Crippen LogP contribution in [0.2, 0.25) is 0 Å². The third-order valence-electron chi connectivity index (χ3n) is 3.41. The Labute approximate surface area is 126 Å². The summed E-state index contributed by atoms with van der Waals surface area (Å²) in [5.74, 6) is -0.409. The second-order valence-corrected chi connectivity index (χ2v) is 4.83. The molecule has 0 fully saturated rings. The summed E-state index contributed by atoms with van der Waals surface area (Å²) in [6.45, 7) is 0. The molecule has 1 aliphatic heterocycles. The van der Waals surface area contributed by atoms with E-state index in [1.165, 1.54) is 12.1 Å². The summed E-state index contributed by atoms with van der Waals surface area (Å²) in [6, 6.07) is 13.4. The molecule has 0 aliphatic carbocycles. The summed E-state index contributed by atoms with van der Waals surface area (Å²) in [7, 11) is 0. The van der Waals surface area contributed by atoms with Gasteiger partial charge in [-0.15, -0.1) is 0 Å². The molecule has 1 heterocycles. The van der Waals surface area contributed by atoms with Crippen molar-refractivity contribution in [3.63, 3.8) is 0 Å². The zero-order valence-electron chi connectivity index (χ0n) is 11.6. The predicted molar refractivity (Wildman–Crippen MR) is 84.6 cm³/mol. The summed E-state index contributed by atoms with van der Waals surface area (Å²) in [5, 5.41) is 11.1. The predicted octanol–water partition coefficient (Wildman–Crippen LogP) is 3.97. The Kier molecular flexibility index (Phi) is 3.62. The maximum absolute atomic E-state index is 12.6. The summed E-state index contributed by atoms with van der Waals surface area (Å²) in [5.41, 5.74) is 1.79. The number of aliphatic imine (C=N–C) groups is 1. The van der Waals surface area contributed by atoms with Crippen LogP contribution in [0.15, 0.2) is 59.6 Å². The highest BCUT2D eigenvalue weighted by Crippen LogP contribution is 2.26. The average Bonchev–Trinajstić information content (AvgIpc) is 2.76. The molecule has 0 aromatic heterocycles. The number of para-hydroxylation sites is 2. The van der Waals surface area contributed by atoms with E-state index >= 15 is 0 Å². The van der Waals surface area contributed by atoms with Crippen LogP contribution in [-0.2, 0) is 0 Å². The lowest BCUT2D eigenvalue weighted by atomic mass is 10.0. The molecule has 0 amide bonds. The number of hydrogen-bond acceptors (Lipinski definition) is 4. The second kappa shape index (κ2) is 5.73. The van der Waals surface area contributed by atoms with E-state index in [-0.39, 0.29) is 11.3 Å². The molecule has 1 aliphatic rings. The number of hydrogen-bond donors (Lipinski definition) is 0. The van der Waals surface area contributed by atoms with Gasteiger partial charge in [0, 0.05) is 12.5 Å². The monoisotopic (exact) mass is 292 g/mol. The van der Waals surface area contributed by atoms with Gasteiger partial charge in [-0.1, -0.05) is 42.5 Å². The Balaban J connectivity index is 2.06. The molecule has 3 rings (SSSR count). The lowest BCUT2D eigenvalue weighted by molar-refractivity contribution is -0.385. The first-order valence-corrected chi connectivity index (χ1v) is 6.78. The number of benzene rings is 2. The molecule has 0 radical (unpaired) electrons. The van der Waals surface area contributed by atoms with Gasteiger partial charge in [0.1, 0.15) is 5.56 Å². The fourth-order valence-electron chi connectivity index (χ4n) is 2.34. The van der Waals surface area contributed by atoms with Crippen LogP contribution in [-0.4, -0.2) is 16.4 Å². The van der Waals surface area contributed by atoms with Crippen LogP contribution in [0.4, 0.5) is 11.4 Å². The van der Waals surface area contributed by atoms with E-state index in [4.69, 9.17) is 0 Å². The topological polar surface area (TPSA) is 72.6 Å². The van der Waals surface area contributed by atoms with Gasteiger partial charge in [0.05, 0.1) is 16.3 Å². The quantitative estimate of drug-likeness (QED) is 0.488. The first kappa shape index (κ1) is 13.9. The van der Waals surface area contributed by atoms with Gasteiger partial charge in [-0.3, -0.25) is 14.9 Å². The van der Waals surface area contributed by atoms with Crippen LogP contribution in [0.1, 0.15) is 22.3 Å². The van der Waals surface area contributed by atoms with Crippen molar-refractivity contribution in [1.82, 2.24) is 0 Å². The highest BCUT2D eigenvalue weighted by Gasteiger charge is 2.23. The number of fused-ring (bicyclic) bond motifs is 1. The highest BCUT2D eigenvalue weighted by molar-refractivity contribution is 6.47. The van der Waals surface area contributed by atoms with E-state index in [2.05, 4.69) is 4.99 Å². The van der Waals surface area contributed by atoms with Crippen LogP contribution in [0, 0.1) is 10.1 Å². The Morgan fingerprint density at radius 3 is 2.64 bits per heavy atom. The number of rotatable bonds is 3. The molecule has 2 aromatic carbocycles. The number of nitro benzene ring substituents is 1. The van der Waals surface area contributed by atoms with E-state index in [0.29, 0.717) is 17.8 Å². The number of allylic oxidation sites excluding steroid dienone is 1. The fourth-order valence-corrected chi connectivity index (χ4v) is 2.34. The maximum Gasteiger partial charge on any atom is 0.280 e. The third-order valence-corrected chi connectivity index (χ3v) is 3.41. The molecule has 0 unspecified atom stereocenters. The molecule has 0 N–H and O–H groups in total. The molecule has 0 bridgehead atoms. The maximum atomic E-state index is 12.6. The van der Waals surface area contributed by atoms with Crippen molar-refractivity contribution >= 4 is 28.9 Å². The summed E-state index contributed by atoms with van der Waals surface area (Å²) < 4.78 is 0. The minimum atomic E-state index is -0.547. The van der Waals surface area contributed by atoms with Crippen LogP contribution in [0.25, 0.3) is 6.08 Å². The van der Waals surface area contributed by atoms with Crippen molar-refractivity contribution in [1.29, 1.82) is 0 Å². The summed E-state index contributed by atoms with van der Waals surface area (Å²) >= 11 is 0. The van der Waals surface area contributed by atoms with Crippen LogP contribution < -0.4 is 0 Å². The van der Waals surface area contributed by atoms with Crippen LogP contribution in [0.3, 0.4) is 0 Å². The van der Waals surface area contributed by atoms with Crippen LogP contribution >= 0.6 is 0 Å².